The number of nitrogens with two attached hydrogens (primary N) is 1. The molecule has 2 aromatic carbocycles. The van der Waals surface area contributed by atoms with Crippen molar-refractivity contribution >= 4 is 5.91 Å². The van der Waals surface area contributed by atoms with Crippen molar-refractivity contribution < 1.29 is 4.79 Å². The van der Waals surface area contributed by atoms with Crippen LogP contribution in [0, 0.1) is 0 Å². The van der Waals surface area contributed by atoms with Gasteiger partial charge in [0.15, 0.2) is 0 Å². The first-order valence-electron chi connectivity index (χ1n) is 7.14. The van der Waals surface area contributed by atoms with E-state index in [0.29, 0.717) is 6.54 Å². The van der Waals surface area contributed by atoms with Crippen molar-refractivity contribution in [1.82, 2.24) is 5.32 Å². The number of benzene rings is 2. The molecule has 0 aliphatic rings. The van der Waals surface area contributed by atoms with Crippen molar-refractivity contribution in [2.75, 3.05) is 6.54 Å². The van der Waals surface area contributed by atoms with Crippen LogP contribution in [0.4, 0.5) is 0 Å². The standard InChI is InChI=1S/C18H22N2O/c1-18(2,15-11-7-4-8-12-15)13-20-17(21)16(19)14-9-5-3-6-10-14/h3-12,16H,13,19H2,1-2H3,(H,20,21). The van der Waals surface area contributed by atoms with Gasteiger partial charge in [0.1, 0.15) is 6.04 Å². The van der Waals surface area contributed by atoms with Crippen LogP contribution >= 0.6 is 0 Å². The molecule has 3 nitrogen and oxygen atoms in total. The van der Waals surface area contributed by atoms with Crippen molar-refractivity contribution in [1.29, 1.82) is 0 Å². The Morgan fingerprint density at radius 3 is 2.14 bits per heavy atom. The van der Waals surface area contributed by atoms with Crippen LogP contribution < -0.4 is 11.1 Å². The van der Waals surface area contributed by atoms with Gasteiger partial charge in [-0.2, -0.15) is 0 Å². The van der Waals surface area contributed by atoms with E-state index < -0.39 is 6.04 Å². The van der Waals surface area contributed by atoms with Gasteiger partial charge < -0.3 is 11.1 Å². The van der Waals surface area contributed by atoms with Crippen LogP contribution in [0.1, 0.15) is 31.0 Å². The maximum Gasteiger partial charge on any atom is 0.241 e. The van der Waals surface area contributed by atoms with E-state index >= 15 is 0 Å². The van der Waals surface area contributed by atoms with E-state index in [4.69, 9.17) is 5.73 Å². The topological polar surface area (TPSA) is 55.1 Å². The van der Waals surface area contributed by atoms with Gasteiger partial charge in [0.05, 0.1) is 0 Å². The molecule has 0 fully saturated rings. The third-order valence-corrected chi connectivity index (χ3v) is 3.70. The Bertz CT molecular complexity index is 579. The summed E-state index contributed by atoms with van der Waals surface area (Å²) in [4.78, 5) is 12.2. The maximum absolute atomic E-state index is 12.2. The summed E-state index contributed by atoms with van der Waals surface area (Å²) in [6, 6.07) is 18.9. The Hall–Kier alpha value is -2.13. The van der Waals surface area contributed by atoms with Crippen molar-refractivity contribution in [3.05, 3.63) is 71.8 Å². The second-order valence-corrected chi connectivity index (χ2v) is 5.86. The number of carbonyl (C=O) groups excluding carboxylic acids is 1. The summed E-state index contributed by atoms with van der Waals surface area (Å²) < 4.78 is 0. The van der Waals surface area contributed by atoms with Gasteiger partial charge >= 0.3 is 0 Å². The molecule has 0 spiro atoms. The predicted octanol–water partition coefficient (Wildman–Crippen LogP) is 2.78. The Balaban J connectivity index is 1.98. The van der Waals surface area contributed by atoms with E-state index in [9.17, 15) is 4.79 Å². The van der Waals surface area contributed by atoms with Crippen molar-refractivity contribution in [2.24, 2.45) is 5.73 Å². The minimum absolute atomic E-state index is 0.132. The number of nitrogens with one attached hydrogen (secondary N) is 1. The molecule has 0 heterocycles. The lowest BCUT2D eigenvalue weighted by atomic mass is 9.84. The first-order chi connectivity index (χ1) is 10.0. The van der Waals surface area contributed by atoms with Crippen LogP contribution in [-0.2, 0) is 10.2 Å². The molecule has 3 N–H and O–H groups in total. The fraction of sp³-hybridized carbons (Fsp3) is 0.278. The second-order valence-electron chi connectivity index (χ2n) is 5.86. The fourth-order valence-electron chi connectivity index (χ4n) is 2.22. The molecule has 2 aromatic rings. The molecule has 0 aromatic heterocycles. The zero-order valence-corrected chi connectivity index (χ0v) is 12.5. The molecule has 3 heteroatoms. The average molecular weight is 282 g/mol. The molecule has 0 bridgehead atoms. The third kappa shape index (κ3) is 3.92. The largest absolute Gasteiger partial charge is 0.354 e. The molecule has 0 aliphatic carbocycles. The number of rotatable bonds is 5. The number of hydrogen-bond donors (Lipinski definition) is 2. The summed E-state index contributed by atoms with van der Waals surface area (Å²) >= 11 is 0. The highest BCUT2D eigenvalue weighted by Crippen LogP contribution is 2.22. The Morgan fingerprint density at radius 1 is 1.05 bits per heavy atom. The van der Waals surface area contributed by atoms with Gasteiger partial charge in [-0.15, -0.1) is 0 Å². The maximum atomic E-state index is 12.2. The van der Waals surface area contributed by atoms with Gasteiger partial charge in [0.25, 0.3) is 0 Å². The monoisotopic (exact) mass is 282 g/mol. The summed E-state index contributed by atoms with van der Waals surface area (Å²) in [5.74, 6) is -0.148. The molecule has 21 heavy (non-hydrogen) atoms. The average Bonchev–Trinajstić information content (AvgIpc) is 2.53. The van der Waals surface area contributed by atoms with Crippen LogP contribution in [-0.4, -0.2) is 12.5 Å². The summed E-state index contributed by atoms with van der Waals surface area (Å²) in [6.07, 6.45) is 0. The van der Waals surface area contributed by atoms with E-state index in [0.717, 1.165) is 5.56 Å². The van der Waals surface area contributed by atoms with E-state index in [1.807, 2.05) is 48.5 Å². The van der Waals surface area contributed by atoms with Gasteiger partial charge in [0, 0.05) is 12.0 Å². The first kappa shape index (κ1) is 15.3. The van der Waals surface area contributed by atoms with Crippen molar-refractivity contribution in [3.63, 3.8) is 0 Å². The van der Waals surface area contributed by atoms with Crippen molar-refractivity contribution in [3.8, 4) is 0 Å². The molecule has 0 saturated heterocycles. The lowest BCUT2D eigenvalue weighted by Gasteiger charge is -2.26. The van der Waals surface area contributed by atoms with Gasteiger partial charge in [-0.05, 0) is 11.1 Å². The molecule has 1 amide bonds. The smallest absolute Gasteiger partial charge is 0.241 e. The molecule has 0 radical (unpaired) electrons. The highest BCUT2D eigenvalue weighted by atomic mass is 16.2. The third-order valence-electron chi connectivity index (χ3n) is 3.70. The fourth-order valence-corrected chi connectivity index (χ4v) is 2.22. The normalized spacial score (nSPS) is 12.7. The first-order valence-corrected chi connectivity index (χ1v) is 7.14. The predicted molar refractivity (Wildman–Crippen MR) is 85.8 cm³/mol. The molecular weight excluding hydrogens is 260 g/mol. The Labute approximate surface area is 126 Å². The summed E-state index contributed by atoms with van der Waals surface area (Å²) in [6.45, 7) is 4.77. The Morgan fingerprint density at radius 2 is 1.57 bits per heavy atom. The lowest BCUT2D eigenvalue weighted by molar-refractivity contribution is -0.122. The van der Waals surface area contributed by atoms with Gasteiger partial charge in [-0.1, -0.05) is 74.5 Å². The Kier molecular flexibility index (Phi) is 4.76. The molecule has 2 rings (SSSR count). The highest BCUT2D eigenvalue weighted by molar-refractivity contribution is 5.83. The van der Waals surface area contributed by atoms with E-state index in [1.54, 1.807) is 0 Å². The van der Waals surface area contributed by atoms with Gasteiger partial charge in [0.2, 0.25) is 5.91 Å². The van der Waals surface area contributed by atoms with E-state index in [1.165, 1.54) is 5.56 Å². The van der Waals surface area contributed by atoms with Crippen LogP contribution in [0.5, 0.6) is 0 Å². The molecule has 0 aliphatic heterocycles. The molecule has 1 atom stereocenters. The minimum Gasteiger partial charge on any atom is -0.354 e. The van der Waals surface area contributed by atoms with Crippen LogP contribution in [0.25, 0.3) is 0 Å². The van der Waals surface area contributed by atoms with E-state index in [-0.39, 0.29) is 11.3 Å². The van der Waals surface area contributed by atoms with Crippen LogP contribution in [0.3, 0.4) is 0 Å². The molecule has 1 unspecified atom stereocenters. The SMILES string of the molecule is CC(C)(CNC(=O)C(N)c1ccccc1)c1ccccc1. The van der Waals surface area contributed by atoms with Crippen LogP contribution in [0.2, 0.25) is 0 Å². The number of amides is 1. The van der Waals surface area contributed by atoms with Gasteiger partial charge in [-0.3, -0.25) is 4.79 Å². The van der Waals surface area contributed by atoms with Gasteiger partial charge in [-0.25, -0.2) is 0 Å². The zero-order valence-electron chi connectivity index (χ0n) is 12.5. The second kappa shape index (κ2) is 6.55. The summed E-state index contributed by atoms with van der Waals surface area (Å²) in [5.41, 5.74) is 7.88. The summed E-state index contributed by atoms with van der Waals surface area (Å²) in [7, 11) is 0. The van der Waals surface area contributed by atoms with Crippen molar-refractivity contribution in [2.45, 2.75) is 25.3 Å². The highest BCUT2D eigenvalue weighted by Gasteiger charge is 2.23. The van der Waals surface area contributed by atoms with E-state index in [2.05, 4.69) is 31.3 Å². The molecule has 0 saturated carbocycles. The van der Waals surface area contributed by atoms with Crippen LogP contribution in [0.15, 0.2) is 60.7 Å². The minimum atomic E-state index is -0.627. The number of carbonyl (C=O) groups is 1. The molecule has 110 valence electrons. The lowest BCUT2D eigenvalue weighted by Crippen LogP contribution is -2.41. The number of hydrogen-bond acceptors (Lipinski definition) is 2. The zero-order chi connectivity index (χ0) is 15.3. The molecular formula is C18H22N2O. The quantitative estimate of drug-likeness (QED) is 0.886. The summed E-state index contributed by atoms with van der Waals surface area (Å²) in [5, 5.41) is 2.96.